The fourth-order valence-corrected chi connectivity index (χ4v) is 2.16. The zero-order valence-corrected chi connectivity index (χ0v) is 8.07. The Morgan fingerprint density at radius 3 is 3.07 bits per heavy atom. The van der Waals surface area contributed by atoms with Crippen LogP contribution in [-0.2, 0) is 19.6 Å². The van der Waals surface area contributed by atoms with Gasteiger partial charge in [0.2, 0.25) is 0 Å². The van der Waals surface area contributed by atoms with Crippen LogP contribution in [0, 0.1) is 0 Å². The maximum atomic E-state index is 9.08. The molecule has 0 spiro atoms. The highest BCUT2D eigenvalue weighted by atomic mass is 16.5. The third-order valence-corrected chi connectivity index (χ3v) is 3.15. The van der Waals surface area contributed by atoms with Crippen LogP contribution in [0.5, 0.6) is 0 Å². The lowest BCUT2D eigenvalue weighted by Gasteiger charge is -2.25. The topological polar surface area (TPSA) is 49.5 Å². The van der Waals surface area contributed by atoms with Crippen molar-refractivity contribution in [2.45, 2.75) is 38.5 Å². The van der Waals surface area contributed by atoms with Crippen LogP contribution in [0.3, 0.4) is 0 Å². The highest BCUT2D eigenvalue weighted by molar-refractivity contribution is 5.25. The summed E-state index contributed by atoms with van der Waals surface area (Å²) in [6, 6.07) is 0.782. The lowest BCUT2D eigenvalue weighted by atomic mass is 10.1. The summed E-state index contributed by atoms with van der Waals surface area (Å²) in [6.07, 6.45) is 3.60. The Hall–Kier alpha value is -0.870. The van der Waals surface area contributed by atoms with Crippen molar-refractivity contribution >= 4 is 0 Å². The van der Waals surface area contributed by atoms with Crippen LogP contribution in [0.1, 0.15) is 29.9 Å². The van der Waals surface area contributed by atoms with Gasteiger partial charge in [-0.15, -0.1) is 0 Å². The van der Waals surface area contributed by atoms with Gasteiger partial charge in [0.1, 0.15) is 11.5 Å². The van der Waals surface area contributed by atoms with Crippen molar-refractivity contribution in [2.75, 3.05) is 6.54 Å². The molecule has 0 radical (unpaired) electrons. The van der Waals surface area contributed by atoms with Crippen molar-refractivity contribution in [1.29, 1.82) is 0 Å². The van der Waals surface area contributed by atoms with Gasteiger partial charge in [-0.25, -0.2) is 0 Å². The molecule has 1 aromatic rings. The highest BCUT2D eigenvalue weighted by Gasteiger charge is 2.33. The number of fused-ring (bicyclic) bond motifs is 1. The maximum absolute atomic E-state index is 9.08. The summed E-state index contributed by atoms with van der Waals surface area (Å²) in [4.78, 5) is 2.47. The third kappa shape index (κ3) is 1.26. The van der Waals surface area contributed by atoms with Crippen LogP contribution in [0.2, 0.25) is 0 Å². The molecule has 0 saturated heterocycles. The van der Waals surface area contributed by atoms with Crippen molar-refractivity contribution in [3.63, 3.8) is 0 Å². The largest absolute Gasteiger partial charge is 0.390 e. The van der Waals surface area contributed by atoms with Crippen LogP contribution in [-0.4, -0.2) is 27.7 Å². The minimum Gasteiger partial charge on any atom is -0.390 e. The van der Waals surface area contributed by atoms with Crippen molar-refractivity contribution in [3.8, 4) is 0 Å². The molecule has 1 aliphatic carbocycles. The smallest absolute Gasteiger partial charge is 0.142 e. The van der Waals surface area contributed by atoms with E-state index in [2.05, 4.69) is 10.1 Å². The van der Waals surface area contributed by atoms with E-state index in [-0.39, 0.29) is 6.61 Å². The second-order valence-electron chi connectivity index (χ2n) is 4.14. The van der Waals surface area contributed by atoms with Crippen LogP contribution >= 0.6 is 0 Å². The van der Waals surface area contributed by atoms with Gasteiger partial charge in [-0.2, -0.15) is 0 Å². The van der Waals surface area contributed by atoms with E-state index >= 15 is 0 Å². The quantitative estimate of drug-likeness (QED) is 0.752. The summed E-state index contributed by atoms with van der Waals surface area (Å²) in [6.45, 7) is 1.99. The molecule has 1 fully saturated rings. The second kappa shape index (κ2) is 3.07. The van der Waals surface area contributed by atoms with Gasteiger partial charge in [0.05, 0.1) is 6.61 Å². The average Bonchev–Trinajstić information content (AvgIpc) is 2.98. The molecule has 0 amide bonds. The third-order valence-electron chi connectivity index (χ3n) is 3.15. The average molecular weight is 194 g/mol. The van der Waals surface area contributed by atoms with Gasteiger partial charge in [-0.1, -0.05) is 5.16 Å². The first-order valence-corrected chi connectivity index (χ1v) is 5.19. The lowest BCUT2D eigenvalue weighted by molar-refractivity contribution is 0.226. The Bertz CT molecular complexity index is 330. The Labute approximate surface area is 82.5 Å². The van der Waals surface area contributed by atoms with E-state index in [9.17, 15) is 0 Å². The molecule has 2 heterocycles. The van der Waals surface area contributed by atoms with Crippen molar-refractivity contribution in [2.24, 2.45) is 0 Å². The molecule has 0 atom stereocenters. The Morgan fingerprint density at radius 2 is 2.36 bits per heavy atom. The molecular weight excluding hydrogens is 180 g/mol. The molecule has 0 unspecified atom stereocenters. The molecule has 14 heavy (non-hydrogen) atoms. The number of hydrogen-bond acceptors (Lipinski definition) is 4. The molecule has 3 rings (SSSR count). The number of aliphatic hydroxyl groups excluding tert-OH is 1. The van der Waals surface area contributed by atoms with Gasteiger partial charge in [0.25, 0.3) is 0 Å². The van der Waals surface area contributed by atoms with Crippen molar-refractivity contribution < 1.29 is 9.63 Å². The predicted molar refractivity (Wildman–Crippen MR) is 49.6 cm³/mol. The van der Waals surface area contributed by atoms with E-state index in [1.807, 2.05) is 0 Å². The van der Waals surface area contributed by atoms with E-state index in [0.29, 0.717) is 0 Å². The molecule has 2 aliphatic rings. The predicted octanol–water partition coefficient (Wildman–Crippen LogP) is 0.687. The fourth-order valence-electron chi connectivity index (χ4n) is 2.16. The Kier molecular flexibility index (Phi) is 1.85. The molecule has 76 valence electrons. The minimum atomic E-state index is -0.00264. The zero-order valence-electron chi connectivity index (χ0n) is 8.07. The summed E-state index contributed by atoms with van der Waals surface area (Å²) in [5.74, 6) is 0.978. The van der Waals surface area contributed by atoms with Gasteiger partial charge in [-0.05, 0) is 12.8 Å². The molecule has 0 aromatic carbocycles. The molecule has 1 saturated carbocycles. The number of aromatic nitrogens is 1. The van der Waals surface area contributed by atoms with E-state index in [4.69, 9.17) is 9.63 Å². The molecule has 1 aromatic heterocycles. The minimum absolute atomic E-state index is 0.00264. The van der Waals surface area contributed by atoms with E-state index in [1.165, 1.54) is 12.8 Å². The molecule has 1 N–H and O–H groups in total. The van der Waals surface area contributed by atoms with Crippen molar-refractivity contribution in [3.05, 3.63) is 17.0 Å². The Morgan fingerprint density at radius 1 is 1.50 bits per heavy atom. The van der Waals surface area contributed by atoms with E-state index in [1.54, 1.807) is 0 Å². The summed E-state index contributed by atoms with van der Waals surface area (Å²) in [5, 5.41) is 13.0. The molecule has 1 aliphatic heterocycles. The summed E-state index contributed by atoms with van der Waals surface area (Å²) in [5.41, 5.74) is 1.86. The first kappa shape index (κ1) is 8.44. The maximum Gasteiger partial charge on any atom is 0.142 e. The number of hydrogen-bond donors (Lipinski definition) is 1. The van der Waals surface area contributed by atoms with Crippen LogP contribution in [0.15, 0.2) is 4.52 Å². The standard InChI is InChI=1S/C10H14N2O2/c13-6-9-8-5-12(7-1-2-7)4-3-10(8)14-11-9/h7,13H,1-6H2. The first-order valence-electron chi connectivity index (χ1n) is 5.19. The highest BCUT2D eigenvalue weighted by Crippen LogP contribution is 2.32. The molecule has 4 heteroatoms. The summed E-state index contributed by atoms with van der Waals surface area (Å²) < 4.78 is 5.19. The van der Waals surface area contributed by atoms with Gasteiger partial charge < -0.3 is 9.63 Å². The van der Waals surface area contributed by atoms with Crippen LogP contribution in [0.4, 0.5) is 0 Å². The molecular formula is C10H14N2O2. The normalized spacial score (nSPS) is 22.4. The zero-order chi connectivity index (χ0) is 9.54. The van der Waals surface area contributed by atoms with E-state index in [0.717, 1.165) is 42.6 Å². The van der Waals surface area contributed by atoms with Crippen molar-refractivity contribution in [1.82, 2.24) is 10.1 Å². The van der Waals surface area contributed by atoms with Crippen LogP contribution in [0.25, 0.3) is 0 Å². The summed E-state index contributed by atoms with van der Waals surface area (Å²) >= 11 is 0. The van der Waals surface area contributed by atoms with Gasteiger partial charge in [-0.3, -0.25) is 4.90 Å². The Balaban J connectivity index is 1.86. The number of nitrogens with zero attached hydrogens (tertiary/aromatic N) is 2. The van der Waals surface area contributed by atoms with Gasteiger partial charge >= 0.3 is 0 Å². The SMILES string of the molecule is OCc1noc2c1CN(C1CC1)CC2. The second-order valence-corrected chi connectivity index (χ2v) is 4.14. The molecule has 4 nitrogen and oxygen atoms in total. The fraction of sp³-hybridized carbons (Fsp3) is 0.700. The van der Waals surface area contributed by atoms with Gasteiger partial charge in [0, 0.05) is 31.1 Å². The number of aliphatic hydroxyl groups is 1. The van der Waals surface area contributed by atoms with E-state index < -0.39 is 0 Å². The lowest BCUT2D eigenvalue weighted by Crippen LogP contribution is -2.32. The first-order chi connectivity index (χ1) is 6.88. The summed E-state index contributed by atoms with van der Waals surface area (Å²) in [7, 11) is 0. The number of rotatable bonds is 2. The monoisotopic (exact) mass is 194 g/mol. The molecule has 0 bridgehead atoms. The van der Waals surface area contributed by atoms with Gasteiger partial charge in [0.15, 0.2) is 0 Å². The van der Waals surface area contributed by atoms with Crippen LogP contribution < -0.4 is 0 Å².